The predicted octanol–water partition coefficient (Wildman–Crippen LogP) is 2.16. The van der Waals surface area contributed by atoms with E-state index in [0.29, 0.717) is 13.1 Å². The summed E-state index contributed by atoms with van der Waals surface area (Å²) in [7, 11) is 0. The second-order valence-electron chi connectivity index (χ2n) is 6.71. The average molecular weight is 369 g/mol. The number of likely N-dealkylation sites (tertiary alicyclic amines) is 1. The van der Waals surface area contributed by atoms with Gasteiger partial charge in [-0.2, -0.15) is 0 Å². The van der Waals surface area contributed by atoms with Crippen LogP contribution >= 0.6 is 12.4 Å². The van der Waals surface area contributed by atoms with Crippen LogP contribution in [0.5, 0.6) is 0 Å². The molecule has 2 aliphatic rings. The van der Waals surface area contributed by atoms with Crippen LogP contribution < -0.4 is 5.73 Å². The van der Waals surface area contributed by atoms with Crippen molar-refractivity contribution in [3.8, 4) is 0 Å². The molecule has 2 fully saturated rings. The first-order chi connectivity index (χ1) is 11.8. The zero-order chi connectivity index (χ0) is 16.8. The van der Waals surface area contributed by atoms with E-state index >= 15 is 0 Å². The largest absolute Gasteiger partial charge is 0.376 e. The molecule has 2 N–H and O–H groups in total. The van der Waals surface area contributed by atoms with Gasteiger partial charge in [-0.25, -0.2) is 0 Å². The van der Waals surface area contributed by atoms with Crippen molar-refractivity contribution in [1.29, 1.82) is 0 Å². The Morgan fingerprint density at radius 3 is 2.76 bits per heavy atom. The first-order valence-corrected chi connectivity index (χ1v) is 9.06. The summed E-state index contributed by atoms with van der Waals surface area (Å²) >= 11 is 0. The molecule has 0 spiro atoms. The molecule has 3 rings (SSSR count). The van der Waals surface area contributed by atoms with Gasteiger partial charge >= 0.3 is 0 Å². The maximum Gasteiger partial charge on any atom is 0.251 e. The fraction of sp³-hybridized carbons (Fsp3) is 0.632. The summed E-state index contributed by atoms with van der Waals surface area (Å²) in [5.74, 6) is 0.112. The molecule has 0 saturated carbocycles. The molecule has 2 aliphatic heterocycles. The molecule has 0 bridgehead atoms. The molecular formula is C19H29ClN2O3. The third-order valence-corrected chi connectivity index (χ3v) is 4.91. The lowest BCUT2D eigenvalue weighted by Crippen LogP contribution is -2.39. The van der Waals surface area contributed by atoms with Crippen molar-refractivity contribution >= 4 is 18.3 Å². The number of hydrogen-bond donors (Lipinski definition) is 1. The maximum atomic E-state index is 12.5. The molecule has 6 heteroatoms. The summed E-state index contributed by atoms with van der Waals surface area (Å²) < 4.78 is 11.7. The summed E-state index contributed by atoms with van der Waals surface area (Å²) in [6.07, 6.45) is 4.56. The SMILES string of the molecule is Cl.NC[C@H]1CC[C@@H](C(=O)N2CCC(OCCCc3ccccc3)C2)O1. The topological polar surface area (TPSA) is 64.8 Å². The second kappa shape index (κ2) is 10.1. The van der Waals surface area contributed by atoms with Gasteiger partial charge in [0.25, 0.3) is 5.91 Å². The van der Waals surface area contributed by atoms with Crippen LogP contribution in [0.15, 0.2) is 30.3 Å². The normalized spacial score (nSPS) is 25.8. The Hall–Kier alpha value is -1.14. The number of amides is 1. The van der Waals surface area contributed by atoms with E-state index in [0.717, 1.165) is 45.3 Å². The number of benzene rings is 1. The number of nitrogens with two attached hydrogens (primary N) is 1. The van der Waals surface area contributed by atoms with Gasteiger partial charge in [0.15, 0.2) is 0 Å². The van der Waals surface area contributed by atoms with Crippen LogP contribution in [0.1, 0.15) is 31.2 Å². The molecule has 1 amide bonds. The number of carbonyl (C=O) groups excluding carboxylic acids is 1. The highest BCUT2D eigenvalue weighted by Gasteiger charge is 2.36. The predicted molar refractivity (Wildman–Crippen MR) is 99.9 cm³/mol. The minimum Gasteiger partial charge on any atom is -0.376 e. The molecule has 1 aromatic rings. The monoisotopic (exact) mass is 368 g/mol. The summed E-state index contributed by atoms with van der Waals surface area (Å²) in [5, 5.41) is 0. The Bertz CT molecular complexity index is 529. The second-order valence-corrected chi connectivity index (χ2v) is 6.71. The van der Waals surface area contributed by atoms with Crippen LogP contribution in [-0.4, -0.2) is 55.4 Å². The highest BCUT2D eigenvalue weighted by molar-refractivity contribution is 5.85. The lowest BCUT2D eigenvalue weighted by molar-refractivity contribution is -0.142. The van der Waals surface area contributed by atoms with Gasteiger partial charge in [-0.05, 0) is 37.7 Å². The van der Waals surface area contributed by atoms with Crippen molar-refractivity contribution in [3.63, 3.8) is 0 Å². The highest BCUT2D eigenvalue weighted by atomic mass is 35.5. The Balaban J connectivity index is 0.00000225. The van der Waals surface area contributed by atoms with Crippen molar-refractivity contribution in [2.24, 2.45) is 5.73 Å². The Morgan fingerprint density at radius 1 is 1.24 bits per heavy atom. The molecule has 0 aromatic heterocycles. The molecule has 2 heterocycles. The van der Waals surface area contributed by atoms with Crippen molar-refractivity contribution < 1.29 is 14.3 Å². The van der Waals surface area contributed by atoms with E-state index in [9.17, 15) is 4.79 Å². The summed E-state index contributed by atoms with van der Waals surface area (Å²) in [5.41, 5.74) is 6.96. The lowest BCUT2D eigenvalue weighted by Gasteiger charge is -2.21. The lowest BCUT2D eigenvalue weighted by atomic mass is 10.1. The quantitative estimate of drug-likeness (QED) is 0.749. The zero-order valence-electron chi connectivity index (χ0n) is 14.6. The third kappa shape index (κ3) is 5.68. The average Bonchev–Trinajstić information content (AvgIpc) is 3.28. The minimum absolute atomic E-state index is 0. The molecular weight excluding hydrogens is 340 g/mol. The number of nitrogens with zero attached hydrogens (tertiary/aromatic N) is 1. The van der Waals surface area contributed by atoms with Crippen molar-refractivity contribution in [2.45, 2.75) is 50.4 Å². The molecule has 0 radical (unpaired) electrons. The van der Waals surface area contributed by atoms with E-state index in [1.165, 1.54) is 5.56 Å². The van der Waals surface area contributed by atoms with Gasteiger partial charge < -0.3 is 20.1 Å². The van der Waals surface area contributed by atoms with Crippen LogP contribution in [0.2, 0.25) is 0 Å². The van der Waals surface area contributed by atoms with Crippen LogP contribution in [0, 0.1) is 0 Å². The summed E-state index contributed by atoms with van der Waals surface area (Å²) in [6.45, 7) is 2.71. The molecule has 1 unspecified atom stereocenters. The summed E-state index contributed by atoms with van der Waals surface area (Å²) in [4.78, 5) is 14.4. The molecule has 0 aliphatic carbocycles. The van der Waals surface area contributed by atoms with Crippen molar-refractivity contribution in [1.82, 2.24) is 4.90 Å². The van der Waals surface area contributed by atoms with Crippen LogP contribution in [0.25, 0.3) is 0 Å². The van der Waals surface area contributed by atoms with Gasteiger partial charge in [0, 0.05) is 26.2 Å². The standard InChI is InChI=1S/C19H28N2O3.ClH/c20-13-16-8-9-18(24-16)19(22)21-11-10-17(14-21)23-12-4-7-15-5-2-1-3-6-15;/h1-3,5-6,16-18H,4,7-14,20H2;1H/t16-,17?,18+;/m1./s1. The van der Waals surface area contributed by atoms with Gasteiger partial charge in [0.05, 0.1) is 12.2 Å². The first-order valence-electron chi connectivity index (χ1n) is 9.06. The van der Waals surface area contributed by atoms with E-state index in [4.69, 9.17) is 15.2 Å². The number of carbonyl (C=O) groups is 1. The van der Waals surface area contributed by atoms with Crippen molar-refractivity contribution in [3.05, 3.63) is 35.9 Å². The maximum absolute atomic E-state index is 12.5. The number of hydrogen-bond acceptors (Lipinski definition) is 4. The zero-order valence-corrected chi connectivity index (χ0v) is 15.5. The Labute approximate surface area is 156 Å². The number of rotatable bonds is 7. The number of ether oxygens (including phenoxy) is 2. The molecule has 5 nitrogen and oxygen atoms in total. The van der Waals surface area contributed by atoms with Crippen molar-refractivity contribution in [2.75, 3.05) is 26.2 Å². The Kier molecular flexibility index (Phi) is 8.16. The van der Waals surface area contributed by atoms with E-state index in [2.05, 4.69) is 24.3 Å². The van der Waals surface area contributed by atoms with Gasteiger partial charge in [-0.3, -0.25) is 4.79 Å². The van der Waals surface area contributed by atoms with Crippen LogP contribution in [0.3, 0.4) is 0 Å². The van der Waals surface area contributed by atoms with Gasteiger partial charge in [0.1, 0.15) is 6.10 Å². The fourth-order valence-corrected chi connectivity index (χ4v) is 3.50. The summed E-state index contributed by atoms with van der Waals surface area (Å²) in [6, 6.07) is 10.5. The minimum atomic E-state index is -0.296. The molecule has 140 valence electrons. The van der Waals surface area contributed by atoms with Gasteiger partial charge in [-0.15, -0.1) is 12.4 Å². The van der Waals surface area contributed by atoms with E-state index in [-0.39, 0.29) is 36.6 Å². The van der Waals surface area contributed by atoms with Crippen LogP contribution in [-0.2, 0) is 20.7 Å². The van der Waals surface area contributed by atoms with Gasteiger partial charge in [0.2, 0.25) is 0 Å². The highest BCUT2D eigenvalue weighted by Crippen LogP contribution is 2.23. The fourth-order valence-electron chi connectivity index (χ4n) is 3.50. The van der Waals surface area contributed by atoms with E-state index in [1.807, 2.05) is 11.0 Å². The third-order valence-electron chi connectivity index (χ3n) is 4.91. The molecule has 25 heavy (non-hydrogen) atoms. The molecule has 2 saturated heterocycles. The first kappa shape index (κ1) is 20.2. The van der Waals surface area contributed by atoms with Crippen LogP contribution in [0.4, 0.5) is 0 Å². The Morgan fingerprint density at radius 2 is 2.04 bits per heavy atom. The smallest absolute Gasteiger partial charge is 0.251 e. The molecule has 3 atom stereocenters. The number of halogens is 1. The van der Waals surface area contributed by atoms with E-state index < -0.39 is 0 Å². The van der Waals surface area contributed by atoms with Gasteiger partial charge in [-0.1, -0.05) is 30.3 Å². The van der Waals surface area contributed by atoms with E-state index in [1.54, 1.807) is 0 Å². The molecule has 1 aromatic carbocycles. The number of aryl methyl sites for hydroxylation is 1.